The summed E-state index contributed by atoms with van der Waals surface area (Å²) in [6.07, 6.45) is 1.83. The summed E-state index contributed by atoms with van der Waals surface area (Å²) in [7, 11) is -2.37. The molecule has 1 aliphatic rings. The van der Waals surface area contributed by atoms with E-state index in [1.54, 1.807) is 23.1 Å². The lowest BCUT2D eigenvalue weighted by molar-refractivity contribution is -0.00544. The summed E-state index contributed by atoms with van der Waals surface area (Å²) in [5.41, 5.74) is 6.91. The van der Waals surface area contributed by atoms with Gasteiger partial charge in [0.05, 0.1) is 22.7 Å². The second-order valence-electron chi connectivity index (χ2n) is 10.4. The van der Waals surface area contributed by atoms with E-state index in [0.717, 1.165) is 31.4 Å². The van der Waals surface area contributed by atoms with E-state index < -0.39 is 21.9 Å². The number of hydrogen-bond acceptors (Lipinski definition) is 7. The van der Waals surface area contributed by atoms with Gasteiger partial charge in [0.25, 0.3) is 5.91 Å². The van der Waals surface area contributed by atoms with Crippen molar-refractivity contribution in [1.82, 2.24) is 15.4 Å². The predicted octanol–water partition coefficient (Wildman–Crippen LogP) is 4.71. The van der Waals surface area contributed by atoms with Gasteiger partial charge in [-0.25, -0.2) is 12.8 Å². The fraction of sp³-hybridized carbons (Fsp3) is 0.536. The molecule has 0 radical (unpaired) electrons. The lowest BCUT2D eigenvalue weighted by Crippen LogP contribution is -2.46. The number of nitrogens with zero attached hydrogens (tertiary/aromatic N) is 2. The van der Waals surface area contributed by atoms with Crippen molar-refractivity contribution >= 4 is 21.6 Å². The van der Waals surface area contributed by atoms with Crippen LogP contribution in [0.2, 0.25) is 0 Å². The van der Waals surface area contributed by atoms with Crippen LogP contribution in [-0.2, 0) is 14.8 Å². The van der Waals surface area contributed by atoms with Crippen molar-refractivity contribution in [1.29, 1.82) is 0 Å². The summed E-state index contributed by atoms with van der Waals surface area (Å²) < 4.78 is 53.3. The van der Waals surface area contributed by atoms with Crippen LogP contribution < -0.4 is 16.6 Å². The Morgan fingerprint density at radius 2 is 1.79 bits per heavy atom. The van der Waals surface area contributed by atoms with Crippen LogP contribution in [0.1, 0.15) is 57.3 Å². The van der Waals surface area contributed by atoms with Gasteiger partial charge >= 0.3 is 0 Å². The van der Waals surface area contributed by atoms with Crippen LogP contribution in [0.5, 0.6) is 5.75 Å². The first-order chi connectivity index (χ1) is 17.9. The Balaban J connectivity index is 0.00000533. The summed E-state index contributed by atoms with van der Waals surface area (Å²) in [6.45, 7) is 8.68. The number of likely N-dealkylation sites (N-methyl/N-ethyl adjacent to an activating group) is 1. The Morgan fingerprint density at radius 1 is 1.13 bits per heavy atom. The molecule has 3 atom stereocenters. The second-order valence-corrected chi connectivity index (χ2v) is 12.4. The molecule has 1 amide bonds. The average molecular weight is 567 g/mol. The van der Waals surface area contributed by atoms with Crippen molar-refractivity contribution in [3.63, 3.8) is 0 Å². The van der Waals surface area contributed by atoms with E-state index in [9.17, 15) is 17.6 Å². The summed E-state index contributed by atoms with van der Waals surface area (Å²) in [5.74, 6) is -0.398. The van der Waals surface area contributed by atoms with Crippen molar-refractivity contribution in [2.75, 3.05) is 32.5 Å². The summed E-state index contributed by atoms with van der Waals surface area (Å²) in [5, 5.41) is 0. The Kier molecular flexibility index (Phi) is 11.7. The van der Waals surface area contributed by atoms with Gasteiger partial charge in [-0.05, 0) is 82.5 Å². The Bertz CT molecular complexity index is 1190. The minimum Gasteiger partial charge on any atom is -0.490 e. The molecular weight excluding hydrogens is 523 g/mol. The van der Waals surface area contributed by atoms with Crippen molar-refractivity contribution in [2.45, 2.75) is 70.1 Å². The summed E-state index contributed by atoms with van der Waals surface area (Å²) in [4.78, 5) is 15.5. The van der Waals surface area contributed by atoms with Crippen LogP contribution in [0.25, 0.3) is 0 Å². The van der Waals surface area contributed by atoms with E-state index in [1.807, 2.05) is 27.7 Å². The highest BCUT2D eigenvalue weighted by molar-refractivity contribution is 7.89. The van der Waals surface area contributed by atoms with Gasteiger partial charge < -0.3 is 26.3 Å². The number of carbonyl (C=O) groups excluding carboxylic acids is 1. The first kappa shape index (κ1) is 32.5. The molecule has 11 heteroatoms. The minimum absolute atomic E-state index is 0. The smallest absolute Gasteiger partial charge is 0.257 e. The molecule has 2 aromatic rings. The normalized spacial score (nSPS) is 21.6. The van der Waals surface area contributed by atoms with Crippen molar-refractivity contribution in [3.05, 3.63) is 53.8 Å². The maximum atomic E-state index is 13.8. The lowest BCUT2D eigenvalue weighted by Gasteiger charge is -2.35. The highest BCUT2D eigenvalue weighted by Gasteiger charge is 2.31. The van der Waals surface area contributed by atoms with Crippen LogP contribution in [0, 0.1) is 11.7 Å². The van der Waals surface area contributed by atoms with Gasteiger partial charge in [0.1, 0.15) is 11.6 Å². The van der Waals surface area contributed by atoms with Crippen LogP contribution in [-0.4, -0.2) is 68.5 Å². The zero-order valence-electron chi connectivity index (χ0n) is 23.6. The van der Waals surface area contributed by atoms with Gasteiger partial charge in [-0.15, -0.1) is 0 Å². The standard InChI is InChI=1S/C28H40FN3O5S.H3N/c1-19(2)32-17-20(3)27(18-31(5)38(34,35)24-12-9-22(29)10-13-24)36-15-7-6-8-21(4)37-26-14-11-23(30)16-25(26)28(32)33;/h9-14,16,19-21,27H,6-8,15,17-18,30H2,1-5H3;1H3/t20-,21+,27+;/m1./s1. The van der Waals surface area contributed by atoms with Gasteiger partial charge in [0.15, 0.2) is 0 Å². The molecule has 1 heterocycles. The predicted molar refractivity (Wildman–Crippen MR) is 151 cm³/mol. The van der Waals surface area contributed by atoms with E-state index in [-0.39, 0.29) is 41.6 Å². The molecule has 39 heavy (non-hydrogen) atoms. The maximum Gasteiger partial charge on any atom is 0.257 e. The molecule has 9 nitrogen and oxygen atoms in total. The number of sulfonamides is 1. The molecule has 0 unspecified atom stereocenters. The fourth-order valence-corrected chi connectivity index (χ4v) is 5.69. The molecule has 1 aliphatic heterocycles. The Hall–Kier alpha value is -2.73. The van der Waals surface area contributed by atoms with Crippen LogP contribution in [0.4, 0.5) is 10.1 Å². The highest BCUT2D eigenvalue weighted by Crippen LogP contribution is 2.28. The number of nitrogen functional groups attached to an aromatic ring is 1. The number of rotatable bonds is 5. The van der Waals surface area contributed by atoms with E-state index in [4.69, 9.17) is 15.2 Å². The van der Waals surface area contributed by atoms with Gasteiger partial charge in [-0.1, -0.05) is 6.92 Å². The molecule has 0 aromatic heterocycles. The van der Waals surface area contributed by atoms with Crippen molar-refractivity contribution in [2.24, 2.45) is 5.92 Å². The summed E-state index contributed by atoms with van der Waals surface area (Å²) >= 11 is 0. The third kappa shape index (κ3) is 8.38. The number of hydrogen-bond donors (Lipinski definition) is 2. The van der Waals surface area contributed by atoms with E-state index >= 15 is 0 Å². The molecule has 218 valence electrons. The van der Waals surface area contributed by atoms with Gasteiger partial charge in [-0.2, -0.15) is 4.31 Å². The SMILES string of the molecule is CC(C)N1C[C@@H](C)[C@H](CN(C)S(=O)(=O)c2ccc(F)cc2)OCCCC[C@H](C)Oc2ccc(N)cc2C1=O.N. The first-order valence-electron chi connectivity index (χ1n) is 13.1. The second kappa shape index (κ2) is 14.1. The number of halogens is 1. The Morgan fingerprint density at radius 3 is 2.44 bits per heavy atom. The molecular formula is C28H43FN4O5S. The maximum absolute atomic E-state index is 13.8. The van der Waals surface area contributed by atoms with E-state index in [2.05, 4.69) is 0 Å². The minimum atomic E-state index is -3.86. The number of ether oxygens (including phenoxy) is 2. The van der Waals surface area contributed by atoms with Crippen LogP contribution in [0.15, 0.2) is 47.4 Å². The molecule has 0 bridgehead atoms. The summed E-state index contributed by atoms with van der Waals surface area (Å²) in [6, 6.07) is 9.75. The molecule has 0 saturated heterocycles. The number of nitrogens with two attached hydrogens (primary N) is 1. The van der Waals surface area contributed by atoms with E-state index in [1.165, 1.54) is 23.5 Å². The van der Waals surface area contributed by atoms with Crippen LogP contribution in [0.3, 0.4) is 0 Å². The number of carbonyl (C=O) groups is 1. The van der Waals surface area contributed by atoms with Crippen molar-refractivity contribution in [3.8, 4) is 5.75 Å². The third-order valence-corrected chi connectivity index (χ3v) is 8.70. The van der Waals surface area contributed by atoms with Gasteiger partial charge in [0.2, 0.25) is 10.0 Å². The zero-order valence-corrected chi connectivity index (χ0v) is 24.4. The monoisotopic (exact) mass is 566 g/mol. The molecule has 0 aliphatic carbocycles. The molecule has 0 spiro atoms. The molecule has 3 rings (SSSR count). The van der Waals surface area contributed by atoms with E-state index in [0.29, 0.717) is 30.2 Å². The molecule has 0 fully saturated rings. The zero-order chi connectivity index (χ0) is 28.0. The molecule has 5 N–H and O–H groups in total. The number of fused-ring (bicyclic) bond motifs is 1. The van der Waals surface area contributed by atoms with Gasteiger partial charge in [0, 0.05) is 44.4 Å². The Labute approximate surface area is 232 Å². The van der Waals surface area contributed by atoms with Gasteiger partial charge in [-0.3, -0.25) is 4.79 Å². The quantitative estimate of drug-likeness (QED) is 0.500. The lowest BCUT2D eigenvalue weighted by atomic mass is 10.0. The third-order valence-electron chi connectivity index (χ3n) is 6.86. The largest absolute Gasteiger partial charge is 0.490 e. The number of amides is 1. The van der Waals surface area contributed by atoms with Crippen LogP contribution >= 0.6 is 0 Å². The topological polar surface area (TPSA) is 137 Å². The number of benzene rings is 2. The molecule has 0 saturated carbocycles. The number of anilines is 1. The fourth-order valence-electron chi connectivity index (χ4n) is 4.51. The first-order valence-corrected chi connectivity index (χ1v) is 14.5. The molecule has 2 aromatic carbocycles. The average Bonchev–Trinajstić information content (AvgIpc) is 2.86. The highest BCUT2D eigenvalue weighted by atomic mass is 32.2. The van der Waals surface area contributed by atoms with Crippen molar-refractivity contribution < 1.29 is 27.1 Å².